The summed E-state index contributed by atoms with van der Waals surface area (Å²) in [6, 6.07) is 0. The molecule has 2 aliphatic carbocycles. The standard InChI is InChI=1S/C14H20O/c15-14(13-10-6-7-11-13)12-8-4-2-1-3-5-9-12/h8,10H,1-7,9,11H2/b12-8+. The highest BCUT2D eigenvalue weighted by Crippen LogP contribution is 2.25. The first-order valence-electron chi connectivity index (χ1n) is 6.31. The van der Waals surface area contributed by atoms with E-state index in [4.69, 9.17) is 0 Å². The molecule has 1 nitrogen and oxygen atoms in total. The van der Waals surface area contributed by atoms with Crippen molar-refractivity contribution in [2.45, 2.75) is 57.8 Å². The molecule has 0 unspecified atom stereocenters. The molecule has 0 aliphatic heterocycles. The number of ketones is 1. The Balaban J connectivity index is 2.03. The zero-order chi connectivity index (χ0) is 10.5. The Kier molecular flexibility index (Phi) is 3.76. The average molecular weight is 204 g/mol. The number of Topliss-reactive ketones (excluding diaryl/α,β-unsaturated/α-hetero) is 1. The lowest BCUT2D eigenvalue weighted by atomic mass is 9.94. The van der Waals surface area contributed by atoms with E-state index in [0.29, 0.717) is 5.78 Å². The maximum absolute atomic E-state index is 12.1. The lowest BCUT2D eigenvalue weighted by Crippen LogP contribution is -2.06. The van der Waals surface area contributed by atoms with Crippen LogP contribution in [0.15, 0.2) is 23.3 Å². The van der Waals surface area contributed by atoms with Gasteiger partial charge in [0.25, 0.3) is 0 Å². The van der Waals surface area contributed by atoms with Crippen molar-refractivity contribution < 1.29 is 4.79 Å². The first-order valence-corrected chi connectivity index (χ1v) is 6.31. The van der Waals surface area contributed by atoms with Crippen LogP contribution in [0.1, 0.15) is 57.8 Å². The van der Waals surface area contributed by atoms with E-state index in [9.17, 15) is 4.79 Å². The molecule has 0 heterocycles. The Morgan fingerprint density at radius 3 is 2.13 bits per heavy atom. The van der Waals surface area contributed by atoms with Gasteiger partial charge < -0.3 is 0 Å². The monoisotopic (exact) mass is 204 g/mol. The number of hydrogen-bond donors (Lipinski definition) is 0. The molecule has 0 spiro atoms. The molecule has 2 aliphatic rings. The van der Waals surface area contributed by atoms with Gasteiger partial charge in [0.1, 0.15) is 0 Å². The molecular formula is C14H20O. The first kappa shape index (κ1) is 10.7. The summed E-state index contributed by atoms with van der Waals surface area (Å²) in [6.07, 6.45) is 14.8. The molecule has 0 bridgehead atoms. The van der Waals surface area contributed by atoms with Crippen molar-refractivity contribution in [2.75, 3.05) is 0 Å². The fourth-order valence-corrected chi connectivity index (χ4v) is 2.48. The van der Waals surface area contributed by atoms with Crippen molar-refractivity contribution in [1.29, 1.82) is 0 Å². The highest BCUT2D eigenvalue weighted by Gasteiger charge is 2.17. The minimum Gasteiger partial charge on any atom is -0.289 e. The summed E-state index contributed by atoms with van der Waals surface area (Å²) in [5, 5.41) is 0. The summed E-state index contributed by atoms with van der Waals surface area (Å²) in [5.74, 6) is 0.356. The van der Waals surface area contributed by atoms with Crippen molar-refractivity contribution in [3.05, 3.63) is 23.3 Å². The van der Waals surface area contributed by atoms with Gasteiger partial charge in [0.15, 0.2) is 5.78 Å². The van der Waals surface area contributed by atoms with Crippen molar-refractivity contribution in [3.8, 4) is 0 Å². The van der Waals surface area contributed by atoms with E-state index in [1.165, 1.54) is 32.1 Å². The Morgan fingerprint density at radius 1 is 0.800 bits per heavy atom. The summed E-state index contributed by atoms with van der Waals surface area (Å²) in [7, 11) is 0. The first-order chi connectivity index (χ1) is 7.38. The van der Waals surface area contributed by atoms with Crippen LogP contribution in [0.25, 0.3) is 0 Å². The third kappa shape index (κ3) is 2.80. The predicted molar refractivity (Wildman–Crippen MR) is 62.7 cm³/mol. The number of hydrogen-bond acceptors (Lipinski definition) is 1. The van der Waals surface area contributed by atoms with Crippen LogP contribution < -0.4 is 0 Å². The summed E-state index contributed by atoms with van der Waals surface area (Å²) >= 11 is 0. The van der Waals surface area contributed by atoms with E-state index in [0.717, 1.165) is 36.8 Å². The van der Waals surface area contributed by atoms with Crippen LogP contribution in [0.3, 0.4) is 0 Å². The molecule has 0 aromatic heterocycles. The number of rotatable bonds is 2. The largest absolute Gasteiger partial charge is 0.289 e. The number of allylic oxidation sites excluding steroid dienone is 4. The zero-order valence-corrected chi connectivity index (χ0v) is 9.43. The predicted octanol–water partition coefficient (Wildman–Crippen LogP) is 3.95. The van der Waals surface area contributed by atoms with Crippen molar-refractivity contribution >= 4 is 5.78 Å². The van der Waals surface area contributed by atoms with Crippen LogP contribution in [0, 0.1) is 0 Å². The Bertz CT molecular complexity index is 296. The van der Waals surface area contributed by atoms with Gasteiger partial charge in [0.2, 0.25) is 0 Å². The molecule has 0 aromatic carbocycles. The second-order valence-electron chi connectivity index (χ2n) is 4.63. The molecule has 0 aromatic rings. The van der Waals surface area contributed by atoms with E-state index < -0.39 is 0 Å². The molecule has 0 saturated carbocycles. The van der Waals surface area contributed by atoms with Gasteiger partial charge in [0, 0.05) is 0 Å². The van der Waals surface area contributed by atoms with Crippen LogP contribution in [-0.4, -0.2) is 5.78 Å². The van der Waals surface area contributed by atoms with Crippen molar-refractivity contribution in [2.24, 2.45) is 0 Å². The van der Waals surface area contributed by atoms with Crippen molar-refractivity contribution in [1.82, 2.24) is 0 Å². The summed E-state index contributed by atoms with van der Waals surface area (Å²) in [4.78, 5) is 12.1. The van der Waals surface area contributed by atoms with Gasteiger partial charge in [0.05, 0.1) is 0 Å². The van der Waals surface area contributed by atoms with Crippen LogP contribution in [0.5, 0.6) is 0 Å². The third-order valence-electron chi connectivity index (χ3n) is 3.42. The fourth-order valence-electron chi connectivity index (χ4n) is 2.48. The summed E-state index contributed by atoms with van der Waals surface area (Å²) in [5.41, 5.74) is 2.18. The molecule has 0 N–H and O–H groups in total. The van der Waals surface area contributed by atoms with Crippen LogP contribution >= 0.6 is 0 Å². The van der Waals surface area contributed by atoms with E-state index in [1.807, 2.05) is 0 Å². The van der Waals surface area contributed by atoms with Gasteiger partial charge in [-0.2, -0.15) is 0 Å². The molecule has 0 saturated heterocycles. The van der Waals surface area contributed by atoms with E-state index >= 15 is 0 Å². The van der Waals surface area contributed by atoms with Gasteiger partial charge in [-0.05, 0) is 56.1 Å². The molecule has 0 atom stereocenters. The van der Waals surface area contributed by atoms with Gasteiger partial charge in [-0.1, -0.05) is 25.0 Å². The Labute approximate surface area is 92.3 Å². The van der Waals surface area contributed by atoms with Crippen LogP contribution in [-0.2, 0) is 4.79 Å². The van der Waals surface area contributed by atoms with E-state index in [2.05, 4.69) is 12.2 Å². The Hall–Kier alpha value is -0.850. The quantitative estimate of drug-likeness (QED) is 0.665. The maximum atomic E-state index is 12.1. The molecule has 0 radical (unpaired) electrons. The normalized spacial score (nSPS) is 26.1. The lowest BCUT2D eigenvalue weighted by Gasteiger charge is -2.10. The van der Waals surface area contributed by atoms with Gasteiger partial charge in [-0.15, -0.1) is 0 Å². The SMILES string of the molecule is O=C(C1=CCCC1)/C1=C/CCCCCC1. The molecule has 0 amide bonds. The molecule has 1 heteroatoms. The van der Waals surface area contributed by atoms with E-state index in [-0.39, 0.29) is 0 Å². The van der Waals surface area contributed by atoms with Crippen LogP contribution in [0.2, 0.25) is 0 Å². The average Bonchev–Trinajstić information content (AvgIpc) is 2.68. The molecule has 82 valence electrons. The molecule has 0 fully saturated rings. The Morgan fingerprint density at radius 2 is 1.40 bits per heavy atom. The van der Waals surface area contributed by atoms with Gasteiger partial charge in [-0.3, -0.25) is 4.79 Å². The van der Waals surface area contributed by atoms with Gasteiger partial charge in [-0.25, -0.2) is 0 Å². The minimum atomic E-state index is 0.356. The fraction of sp³-hybridized carbons (Fsp3) is 0.643. The highest BCUT2D eigenvalue weighted by atomic mass is 16.1. The second kappa shape index (κ2) is 5.29. The highest BCUT2D eigenvalue weighted by molar-refractivity contribution is 6.08. The number of carbonyl (C=O) groups is 1. The summed E-state index contributed by atoms with van der Waals surface area (Å²) in [6.45, 7) is 0. The summed E-state index contributed by atoms with van der Waals surface area (Å²) < 4.78 is 0. The topological polar surface area (TPSA) is 17.1 Å². The smallest absolute Gasteiger partial charge is 0.184 e. The number of carbonyl (C=O) groups excluding carboxylic acids is 1. The van der Waals surface area contributed by atoms with Crippen molar-refractivity contribution in [3.63, 3.8) is 0 Å². The zero-order valence-electron chi connectivity index (χ0n) is 9.43. The van der Waals surface area contributed by atoms with E-state index in [1.54, 1.807) is 0 Å². The molecule has 2 rings (SSSR count). The second-order valence-corrected chi connectivity index (χ2v) is 4.63. The lowest BCUT2D eigenvalue weighted by molar-refractivity contribution is -0.112. The minimum absolute atomic E-state index is 0.356. The third-order valence-corrected chi connectivity index (χ3v) is 3.42. The van der Waals surface area contributed by atoms with Gasteiger partial charge >= 0.3 is 0 Å². The van der Waals surface area contributed by atoms with Crippen LogP contribution in [0.4, 0.5) is 0 Å². The molecular weight excluding hydrogens is 184 g/mol. The maximum Gasteiger partial charge on any atom is 0.184 e. The molecule has 15 heavy (non-hydrogen) atoms.